The molecule has 0 bridgehead atoms. The van der Waals surface area contributed by atoms with Gasteiger partial charge >= 0.3 is 0 Å². The summed E-state index contributed by atoms with van der Waals surface area (Å²) in [5.41, 5.74) is 3.65. The Morgan fingerprint density at radius 2 is 1.70 bits per heavy atom. The molecule has 1 aliphatic heterocycles. The highest BCUT2D eigenvalue weighted by Gasteiger charge is 2.47. The lowest BCUT2D eigenvalue weighted by molar-refractivity contribution is -0.116. The molecule has 0 radical (unpaired) electrons. The second-order valence-electron chi connectivity index (χ2n) is 7.98. The van der Waals surface area contributed by atoms with E-state index in [1.54, 1.807) is 0 Å². The predicted molar refractivity (Wildman–Crippen MR) is 110 cm³/mol. The molecule has 4 heteroatoms. The minimum atomic E-state index is -0.582. The highest BCUT2D eigenvalue weighted by Crippen LogP contribution is 2.43. The first kappa shape index (κ1) is 18.1. The second kappa shape index (κ2) is 6.72. The highest BCUT2D eigenvalue weighted by molar-refractivity contribution is 6.30. The molecule has 1 amide bonds. The van der Waals surface area contributed by atoms with E-state index in [4.69, 9.17) is 11.6 Å². The van der Waals surface area contributed by atoms with Crippen molar-refractivity contribution in [3.05, 3.63) is 64.4 Å². The Kier molecular flexibility index (Phi) is 4.51. The summed E-state index contributed by atoms with van der Waals surface area (Å²) in [7, 11) is 0. The fourth-order valence-corrected chi connectivity index (χ4v) is 4.39. The van der Waals surface area contributed by atoms with Crippen LogP contribution in [0.1, 0.15) is 43.7 Å². The molecule has 0 atom stereocenters. The number of aliphatic hydroxyl groups excluding tert-OH is 1. The van der Waals surface area contributed by atoms with Crippen molar-refractivity contribution in [2.24, 2.45) is 5.92 Å². The molecular weight excluding hydrogens is 358 g/mol. The summed E-state index contributed by atoms with van der Waals surface area (Å²) in [5.74, 6) is 0.688. The minimum Gasteiger partial charge on any atom is -0.509 e. The van der Waals surface area contributed by atoms with Gasteiger partial charge in [0.15, 0.2) is 0 Å². The topological polar surface area (TPSA) is 49.3 Å². The minimum absolute atomic E-state index is 0.168. The van der Waals surface area contributed by atoms with Crippen LogP contribution in [0.25, 0.3) is 16.7 Å². The molecule has 1 saturated carbocycles. The van der Waals surface area contributed by atoms with Crippen LogP contribution in [-0.4, -0.2) is 16.6 Å². The smallest absolute Gasteiger partial charge is 0.256 e. The maximum Gasteiger partial charge on any atom is 0.256 e. The Morgan fingerprint density at radius 3 is 2.37 bits per heavy atom. The third-order valence-electron chi connectivity index (χ3n) is 6.08. The molecule has 1 fully saturated rings. The number of aryl methyl sites for hydroxylation is 1. The normalized spacial score (nSPS) is 25.1. The first-order chi connectivity index (χ1) is 12.9. The maximum absolute atomic E-state index is 12.8. The van der Waals surface area contributed by atoms with Gasteiger partial charge in [0, 0.05) is 5.02 Å². The molecule has 4 rings (SSSR count). The van der Waals surface area contributed by atoms with Crippen molar-refractivity contribution in [1.82, 2.24) is 5.32 Å². The number of nitrogens with one attached hydrogen (secondary N) is 1. The quantitative estimate of drug-likeness (QED) is 0.704. The van der Waals surface area contributed by atoms with Gasteiger partial charge in [-0.05, 0) is 79.0 Å². The molecule has 1 heterocycles. The van der Waals surface area contributed by atoms with E-state index < -0.39 is 5.54 Å². The van der Waals surface area contributed by atoms with Crippen molar-refractivity contribution < 1.29 is 9.90 Å². The van der Waals surface area contributed by atoms with Gasteiger partial charge in [-0.15, -0.1) is 0 Å². The van der Waals surface area contributed by atoms with Gasteiger partial charge in [-0.2, -0.15) is 0 Å². The Labute approximate surface area is 165 Å². The summed E-state index contributed by atoms with van der Waals surface area (Å²) in [6.45, 7) is 4.20. The monoisotopic (exact) mass is 381 g/mol. The third-order valence-corrected chi connectivity index (χ3v) is 6.33. The standard InChI is InChI=1S/C23H24ClNO2/c1-14-9-11-23(12-10-14)21(26)20(22(27)25-23)19-13-17(4-3-15(19)2)16-5-7-18(24)8-6-16/h3-8,13-14,26H,9-12H2,1-2H3,(H,25,27)/t14-,23+. The van der Waals surface area contributed by atoms with Crippen LogP contribution >= 0.6 is 11.6 Å². The Morgan fingerprint density at radius 1 is 1.07 bits per heavy atom. The lowest BCUT2D eigenvalue weighted by atomic mass is 9.76. The maximum atomic E-state index is 12.8. The van der Waals surface area contributed by atoms with Gasteiger partial charge in [-0.1, -0.05) is 42.8 Å². The van der Waals surface area contributed by atoms with Crippen molar-refractivity contribution in [3.63, 3.8) is 0 Å². The van der Waals surface area contributed by atoms with E-state index in [-0.39, 0.29) is 11.7 Å². The fraction of sp³-hybridized carbons (Fsp3) is 0.348. The molecule has 2 aliphatic rings. The number of rotatable bonds is 2. The predicted octanol–water partition coefficient (Wildman–Crippen LogP) is 5.66. The average Bonchev–Trinajstić information content (AvgIpc) is 2.89. The molecule has 2 aromatic rings. The highest BCUT2D eigenvalue weighted by atomic mass is 35.5. The lowest BCUT2D eigenvalue weighted by Gasteiger charge is -2.36. The summed E-state index contributed by atoms with van der Waals surface area (Å²) in [4.78, 5) is 12.8. The van der Waals surface area contributed by atoms with Gasteiger partial charge in [-0.25, -0.2) is 0 Å². The molecule has 1 spiro atoms. The van der Waals surface area contributed by atoms with Gasteiger partial charge in [0.05, 0.1) is 11.1 Å². The van der Waals surface area contributed by atoms with E-state index in [1.807, 2.05) is 49.4 Å². The molecule has 3 nitrogen and oxygen atoms in total. The summed E-state index contributed by atoms with van der Waals surface area (Å²) in [5, 5.41) is 14.9. The molecule has 2 N–H and O–H groups in total. The molecule has 140 valence electrons. The van der Waals surface area contributed by atoms with Crippen molar-refractivity contribution in [2.45, 2.75) is 45.1 Å². The zero-order valence-corrected chi connectivity index (χ0v) is 16.4. The molecule has 0 saturated heterocycles. The zero-order valence-electron chi connectivity index (χ0n) is 15.7. The molecule has 0 unspecified atom stereocenters. The number of hydrogen-bond acceptors (Lipinski definition) is 2. The van der Waals surface area contributed by atoms with Crippen molar-refractivity contribution in [1.29, 1.82) is 0 Å². The van der Waals surface area contributed by atoms with E-state index >= 15 is 0 Å². The second-order valence-corrected chi connectivity index (χ2v) is 8.42. The number of hydrogen-bond donors (Lipinski definition) is 2. The molecule has 0 aromatic heterocycles. The van der Waals surface area contributed by atoms with Crippen LogP contribution in [0.2, 0.25) is 5.02 Å². The van der Waals surface area contributed by atoms with Crippen molar-refractivity contribution >= 4 is 23.1 Å². The van der Waals surface area contributed by atoms with E-state index in [0.717, 1.165) is 47.9 Å². The van der Waals surface area contributed by atoms with Crippen LogP contribution in [0.3, 0.4) is 0 Å². The van der Waals surface area contributed by atoms with Gasteiger partial charge in [0.2, 0.25) is 0 Å². The fourth-order valence-electron chi connectivity index (χ4n) is 4.27. The van der Waals surface area contributed by atoms with Gasteiger partial charge in [-0.3, -0.25) is 4.79 Å². The molecule has 27 heavy (non-hydrogen) atoms. The summed E-state index contributed by atoms with van der Waals surface area (Å²) in [6.07, 6.45) is 3.62. The van der Waals surface area contributed by atoms with Gasteiger partial charge < -0.3 is 10.4 Å². The summed E-state index contributed by atoms with van der Waals surface area (Å²) >= 11 is 6.00. The van der Waals surface area contributed by atoms with Crippen LogP contribution in [0.5, 0.6) is 0 Å². The van der Waals surface area contributed by atoms with Crippen LogP contribution in [0.4, 0.5) is 0 Å². The number of carbonyl (C=O) groups is 1. The SMILES string of the molecule is Cc1ccc(-c2ccc(Cl)cc2)cc1C1=C(O)[C@]2(CC[C@H](C)CC2)NC1=O. The molecule has 2 aromatic carbocycles. The summed E-state index contributed by atoms with van der Waals surface area (Å²) in [6, 6.07) is 13.7. The Hall–Kier alpha value is -2.26. The van der Waals surface area contributed by atoms with E-state index in [1.165, 1.54) is 0 Å². The van der Waals surface area contributed by atoms with E-state index in [9.17, 15) is 9.90 Å². The number of benzene rings is 2. The van der Waals surface area contributed by atoms with Crippen LogP contribution in [0.15, 0.2) is 48.2 Å². The molecular formula is C23H24ClNO2. The van der Waals surface area contributed by atoms with Gasteiger partial charge in [0.25, 0.3) is 5.91 Å². The molecule has 1 aliphatic carbocycles. The van der Waals surface area contributed by atoms with Gasteiger partial charge in [0.1, 0.15) is 5.76 Å². The summed E-state index contributed by atoms with van der Waals surface area (Å²) < 4.78 is 0. The van der Waals surface area contributed by atoms with Crippen LogP contribution < -0.4 is 5.32 Å². The van der Waals surface area contributed by atoms with Crippen molar-refractivity contribution in [3.8, 4) is 11.1 Å². The number of aliphatic hydroxyl groups is 1. The number of carbonyl (C=O) groups excluding carboxylic acids is 1. The Bertz CT molecular complexity index is 922. The zero-order chi connectivity index (χ0) is 19.2. The lowest BCUT2D eigenvalue weighted by Crippen LogP contribution is -2.47. The van der Waals surface area contributed by atoms with Crippen LogP contribution in [0, 0.1) is 12.8 Å². The van der Waals surface area contributed by atoms with E-state index in [0.29, 0.717) is 16.5 Å². The Balaban J connectivity index is 1.78. The van der Waals surface area contributed by atoms with Crippen molar-refractivity contribution in [2.75, 3.05) is 0 Å². The number of amides is 1. The first-order valence-corrected chi connectivity index (χ1v) is 9.91. The third kappa shape index (κ3) is 3.14. The van der Waals surface area contributed by atoms with Crippen LogP contribution in [-0.2, 0) is 4.79 Å². The largest absolute Gasteiger partial charge is 0.509 e. The average molecular weight is 382 g/mol. The first-order valence-electron chi connectivity index (χ1n) is 9.53. The van der Waals surface area contributed by atoms with E-state index in [2.05, 4.69) is 12.2 Å². The number of halogens is 1.